The van der Waals surface area contributed by atoms with Crippen LogP contribution in [0.1, 0.15) is 11.3 Å². The molecule has 1 heterocycles. The summed E-state index contributed by atoms with van der Waals surface area (Å²) in [5.41, 5.74) is 1.14. The molecule has 21 heavy (non-hydrogen) atoms. The Bertz CT molecular complexity index is 718. The van der Waals surface area contributed by atoms with Gasteiger partial charge in [-0.2, -0.15) is 0 Å². The summed E-state index contributed by atoms with van der Waals surface area (Å²) in [5.74, 6) is -0.412. The summed E-state index contributed by atoms with van der Waals surface area (Å²) in [5, 5.41) is 0. The third kappa shape index (κ3) is 3.65. The van der Waals surface area contributed by atoms with Gasteiger partial charge in [0.25, 0.3) is 0 Å². The molecule has 0 saturated carbocycles. The highest BCUT2D eigenvalue weighted by atomic mass is 32.2. The van der Waals surface area contributed by atoms with Crippen molar-refractivity contribution in [2.24, 2.45) is 0 Å². The van der Waals surface area contributed by atoms with E-state index in [0.717, 1.165) is 5.69 Å². The minimum atomic E-state index is -3.61. The van der Waals surface area contributed by atoms with Crippen molar-refractivity contribution in [2.75, 3.05) is 13.6 Å². The van der Waals surface area contributed by atoms with Crippen molar-refractivity contribution in [1.29, 1.82) is 0 Å². The van der Waals surface area contributed by atoms with Gasteiger partial charge in [-0.25, -0.2) is 17.1 Å². The fourth-order valence-corrected chi connectivity index (χ4v) is 3.15. The molecule has 2 aromatic rings. The molecule has 112 valence electrons. The first-order chi connectivity index (χ1) is 9.91. The monoisotopic (exact) mass is 308 g/mol. The molecular weight excluding hydrogens is 291 g/mol. The second-order valence-corrected chi connectivity index (χ2v) is 6.85. The average Bonchev–Trinajstić information content (AvgIpc) is 2.48. The van der Waals surface area contributed by atoms with E-state index in [-0.39, 0.29) is 4.90 Å². The van der Waals surface area contributed by atoms with E-state index in [2.05, 4.69) is 4.98 Å². The highest BCUT2D eigenvalue weighted by Gasteiger charge is 2.21. The number of halogens is 1. The summed E-state index contributed by atoms with van der Waals surface area (Å²) in [6.45, 7) is 1.86. The van der Waals surface area contributed by atoms with Crippen LogP contribution in [0.25, 0.3) is 0 Å². The molecule has 0 spiro atoms. The molecular formula is C15H17FN2O2S. The molecule has 0 amide bonds. The standard InChI is InChI=1S/C15H17FN2O2S/c1-12-11-14(6-7-15(12)16)21(19,20)18(2)10-8-13-5-3-4-9-17-13/h3-7,9,11H,8,10H2,1-2H3. The normalized spacial score (nSPS) is 11.8. The number of sulfonamides is 1. The van der Waals surface area contributed by atoms with Crippen LogP contribution in [0.15, 0.2) is 47.5 Å². The minimum Gasteiger partial charge on any atom is -0.261 e. The molecule has 0 N–H and O–H groups in total. The highest BCUT2D eigenvalue weighted by Crippen LogP contribution is 2.18. The molecule has 6 heteroatoms. The van der Waals surface area contributed by atoms with Gasteiger partial charge >= 0.3 is 0 Å². The van der Waals surface area contributed by atoms with Crippen LogP contribution in [0.3, 0.4) is 0 Å². The number of rotatable bonds is 5. The van der Waals surface area contributed by atoms with E-state index in [1.165, 1.54) is 29.6 Å². The van der Waals surface area contributed by atoms with Crippen LogP contribution in [-0.4, -0.2) is 31.3 Å². The highest BCUT2D eigenvalue weighted by molar-refractivity contribution is 7.89. The summed E-state index contributed by atoms with van der Waals surface area (Å²) in [4.78, 5) is 4.26. The summed E-state index contributed by atoms with van der Waals surface area (Å²) in [6, 6.07) is 9.33. The minimum absolute atomic E-state index is 0.102. The maximum absolute atomic E-state index is 13.2. The SMILES string of the molecule is Cc1cc(S(=O)(=O)N(C)CCc2ccccn2)ccc1F. The van der Waals surface area contributed by atoms with Crippen molar-refractivity contribution >= 4 is 10.0 Å². The summed E-state index contributed by atoms with van der Waals surface area (Å²) in [6.07, 6.45) is 2.20. The smallest absolute Gasteiger partial charge is 0.242 e. The molecule has 2 rings (SSSR count). The number of hydrogen-bond donors (Lipinski definition) is 0. The summed E-state index contributed by atoms with van der Waals surface area (Å²) < 4.78 is 39.3. The first-order valence-corrected chi connectivity index (χ1v) is 7.97. The van der Waals surface area contributed by atoms with Gasteiger partial charge in [-0.3, -0.25) is 4.98 Å². The zero-order chi connectivity index (χ0) is 15.5. The van der Waals surface area contributed by atoms with Gasteiger partial charge in [0.05, 0.1) is 4.90 Å². The van der Waals surface area contributed by atoms with Crippen molar-refractivity contribution in [2.45, 2.75) is 18.2 Å². The lowest BCUT2D eigenvalue weighted by atomic mass is 10.2. The van der Waals surface area contributed by atoms with Crippen LogP contribution in [0, 0.1) is 12.7 Å². The van der Waals surface area contributed by atoms with Gasteiger partial charge < -0.3 is 0 Å². The van der Waals surface area contributed by atoms with Crippen LogP contribution < -0.4 is 0 Å². The molecule has 0 radical (unpaired) electrons. The van der Waals surface area contributed by atoms with Crippen LogP contribution >= 0.6 is 0 Å². The largest absolute Gasteiger partial charge is 0.261 e. The van der Waals surface area contributed by atoms with Gasteiger partial charge in [0.15, 0.2) is 0 Å². The van der Waals surface area contributed by atoms with E-state index in [9.17, 15) is 12.8 Å². The zero-order valence-electron chi connectivity index (χ0n) is 12.0. The van der Waals surface area contributed by atoms with E-state index in [1.54, 1.807) is 13.1 Å². The van der Waals surface area contributed by atoms with Crippen LogP contribution in [0.4, 0.5) is 4.39 Å². The maximum atomic E-state index is 13.2. The van der Waals surface area contributed by atoms with Crippen LogP contribution in [0.2, 0.25) is 0 Å². The predicted molar refractivity (Wildman–Crippen MR) is 78.9 cm³/mol. The topological polar surface area (TPSA) is 50.3 Å². The maximum Gasteiger partial charge on any atom is 0.242 e. The Kier molecular flexibility index (Phi) is 4.69. The van der Waals surface area contributed by atoms with Crippen LogP contribution in [-0.2, 0) is 16.4 Å². The van der Waals surface area contributed by atoms with Gasteiger partial charge in [0.1, 0.15) is 5.82 Å². The Labute approximate surface area is 124 Å². The Morgan fingerprint density at radius 1 is 1.24 bits per heavy atom. The Morgan fingerprint density at radius 2 is 2.00 bits per heavy atom. The molecule has 0 fully saturated rings. The van der Waals surface area contributed by atoms with Gasteiger partial charge in [-0.15, -0.1) is 0 Å². The molecule has 0 bridgehead atoms. The summed E-state index contributed by atoms with van der Waals surface area (Å²) >= 11 is 0. The molecule has 0 unspecified atom stereocenters. The van der Waals surface area contributed by atoms with Gasteiger partial charge in [-0.1, -0.05) is 6.07 Å². The van der Waals surface area contributed by atoms with E-state index >= 15 is 0 Å². The number of aromatic nitrogens is 1. The summed E-state index contributed by atoms with van der Waals surface area (Å²) in [7, 11) is -2.10. The second-order valence-electron chi connectivity index (χ2n) is 4.81. The first-order valence-electron chi connectivity index (χ1n) is 6.53. The van der Waals surface area contributed by atoms with E-state index in [0.29, 0.717) is 18.5 Å². The third-order valence-corrected chi connectivity index (χ3v) is 5.10. The number of benzene rings is 1. The fraction of sp³-hybridized carbons (Fsp3) is 0.267. The number of pyridine rings is 1. The average molecular weight is 308 g/mol. The van der Waals surface area contributed by atoms with E-state index in [4.69, 9.17) is 0 Å². The molecule has 4 nitrogen and oxygen atoms in total. The van der Waals surface area contributed by atoms with Crippen molar-refractivity contribution < 1.29 is 12.8 Å². The van der Waals surface area contributed by atoms with E-state index in [1.807, 2.05) is 18.2 Å². The third-order valence-electron chi connectivity index (χ3n) is 3.25. The number of aryl methyl sites for hydroxylation is 1. The number of nitrogens with zero attached hydrogens (tertiary/aromatic N) is 2. The van der Waals surface area contributed by atoms with Gasteiger partial charge in [0.2, 0.25) is 10.0 Å². The quantitative estimate of drug-likeness (QED) is 0.852. The number of likely N-dealkylation sites (N-methyl/N-ethyl adjacent to an activating group) is 1. The van der Waals surface area contributed by atoms with Crippen molar-refractivity contribution in [3.63, 3.8) is 0 Å². The zero-order valence-corrected chi connectivity index (χ0v) is 12.8. The lowest BCUT2D eigenvalue weighted by molar-refractivity contribution is 0.470. The number of hydrogen-bond acceptors (Lipinski definition) is 3. The molecule has 1 aromatic heterocycles. The lowest BCUT2D eigenvalue weighted by Gasteiger charge is -2.17. The Morgan fingerprint density at radius 3 is 2.62 bits per heavy atom. The van der Waals surface area contributed by atoms with E-state index < -0.39 is 15.8 Å². The first kappa shape index (κ1) is 15.6. The Hall–Kier alpha value is -1.79. The predicted octanol–water partition coefficient (Wildman–Crippen LogP) is 2.39. The molecule has 0 aliphatic rings. The molecule has 1 aromatic carbocycles. The van der Waals surface area contributed by atoms with Crippen molar-refractivity contribution in [3.05, 3.63) is 59.7 Å². The van der Waals surface area contributed by atoms with Gasteiger partial charge in [0, 0.05) is 31.9 Å². The lowest BCUT2D eigenvalue weighted by Crippen LogP contribution is -2.29. The molecule has 0 atom stereocenters. The molecule has 0 saturated heterocycles. The second kappa shape index (κ2) is 6.32. The van der Waals surface area contributed by atoms with Gasteiger partial charge in [-0.05, 0) is 42.8 Å². The van der Waals surface area contributed by atoms with Crippen molar-refractivity contribution in [3.8, 4) is 0 Å². The van der Waals surface area contributed by atoms with Crippen molar-refractivity contribution in [1.82, 2.24) is 9.29 Å². The fourth-order valence-electron chi connectivity index (χ4n) is 1.90. The molecule has 0 aliphatic carbocycles. The van der Waals surface area contributed by atoms with Crippen LogP contribution in [0.5, 0.6) is 0 Å². The molecule has 0 aliphatic heterocycles. The Balaban J connectivity index is 2.13.